The number of rotatable bonds is 8. The number of methoxy groups -OCH3 is 1. The van der Waals surface area contributed by atoms with Gasteiger partial charge < -0.3 is 19.1 Å². The Morgan fingerprint density at radius 3 is 2.50 bits per heavy atom. The van der Waals surface area contributed by atoms with E-state index in [0.29, 0.717) is 0 Å². The van der Waals surface area contributed by atoms with Crippen molar-refractivity contribution in [3.63, 3.8) is 0 Å². The molecule has 0 saturated carbocycles. The van der Waals surface area contributed by atoms with Crippen molar-refractivity contribution >= 4 is 5.91 Å². The highest BCUT2D eigenvalue weighted by Crippen LogP contribution is 2.29. The smallest absolute Gasteiger partial charge is 0.387 e. The van der Waals surface area contributed by atoms with Crippen LogP contribution in [0.5, 0.6) is 17.2 Å². The molecule has 0 unspecified atom stereocenters. The molecule has 0 radical (unpaired) electrons. The number of ether oxygens (including phenoxy) is 3. The third-order valence-corrected chi connectivity index (χ3v) is 3.49. The van der Waals surface area contributed by atoms with Crippen LogP contribution in [0, 0.1) is 5.82 Å². The molecule has 0 bridgehead atoms. The third kappa shape index (κ3) is 5.05. The van der Waals surface area contributed by atoms with Gasteiger partial charge in [-0.15, -0.1) is 0 Å². The van der Waals surface area contributed by atoms with Crippen LogP contribution in [-0.2, 0) is 0 Å². The zero-order chi connectivity index (χ0) is 19.1. The van der Waals surface area contributed by atoms with E-state index in [1.165, 1.54) is 49.4 Å². The first kappa shape index (κ1) is 19.4. The molecule has 8 heteroatoms. The van der Waals surface area contributed by atoms with Crippen molar-refractivity contribution in [1.29, 1.82) is 0 Å². The van der Waals surface area contributed by atoms with Gasteiger partial charge >= 0.3 is 6.61 Å². The summed E-state index contributed by atoms with van der Waals surface area (Å²) in [4.78, 5) is 13.7. The molecular formula is C18H18F3NO4. The fraction of sp³-hybridized carbons (Fsp3) is 0.278. The Hall–Kier alpha value is -2.90. The summed E-state index contributed by atoms with van der Waals surface area (Å²) in [6.45, 7) is -2.80. The molecule has 0 spiro atoms. The number of carbonyl (C=O) groups excluding carboxylic acids is 1. The summed E-state index contributed by atoms with van der Waals surface area (Å²) in [6, 6.07) is 9.92. The number of para-hydroxylation sites is 1. The molecule has 26 heavy (non-hydrogen) atoms. The van der Waals surface area contributed by atoms with Crippen molar-refractivity contribution < 1.29 is 32.2 Å². The summed E-state index contributed by atoms with van der Waals surface area (Å²) in [5.41, 5.74) is 0.148. The lowest BCUT2D eigenvalue weighted by atomic mass is 10.1. The van der Waals surface area contributed by atoms with Crippen LogP contribution in [0.2, 0.25) is 0 Å². The van der Waals surface area contributed by atoms with Crippen molar-refractivity contribution in [1.82, 2.24) is 4.90 Å². The number of amides is 1. The quantitative estimate of drug-likeness (QED) is 0.714. The van der Waals surface area contributed by atoms with Crippen LogP contribution in [0.4, 0.5) is 13.2 Å². The van der Waals surface area contributed by atoms with Crippen LogP contribution in [-0.4, -0.2) is 44.7 Å². The number of halogens is 3. The predicted octanol–water partition coefficient (Wildman–Crippen LogP) is 3.59. The summed E-state index contributed by atoms with van der Waals surface area (Å²) < 4.78 is 53.0. The Kier molecular flexibility index (Phi) is 6.71. The first-order valence-electron chi connectivity index (χ1n) is 7.68. The summed E-state index contributed by atoms with van der Waals surface area (Å²) in [5.74, 6) is -0.975. The molecule has 140 valence electrons. The molecule has 2 aromatic carbocycles. The maximum absolute atomic E-state index is 13.5. The zero-order valence-corrected chi connectivity index (χ0v) is 14.2. The fourth-order valence-electron chi connectivity index (χ4n) is 2.17. The molecule has 0 saturated heterocycles. The van der Waals surface area contributed by atoms with Crippen LogP contribution in [0.15, 0.2) is 42.5 Å². The minimum Gasteiger partial charge on any atom is -0.493 e. The Morgan fingerprint density at radius 1 is 1.12 bits per heavy atom. The second-order valence-electron chi connectivity index (χ2n) is 5.25. The first-order chi connectivity index (χ1) is 12.4. The van der Waals surface area contributed by atoms with Crippen molar-refractivity contribution in [3.8, 4) is 17.2 Å². The maximum atomic E-state index is 13.5. The minimum atomic E-state index is -3.04. The number of benzene rings is 2. The van der Waals surface area contributed by atoms with Crippen LogP contribution in [0.25, 0.3) is 0 Å². The molecule has 1 amide bonds. The van der Waals surface area contributed by atoms with E-state index in [1.54, 1.807) is 12.1 Å². The van der Waals surface area contributed by atoms with Gasteiger partial charge in [-0.2, -0.15) is 8.78 Å². The summed E-state index contributed by atoms with van der Waals surface area (Å²) in [7, 11) is 2.83. The molecule has 5 nitrogen and oxygen atoms in total. The highest BCUT2D eigenvalue weighted by atomic mass is 19.3. The van der Waals surface area contributed by atoms with E-state index in [4.69, 9.17) is 9.47 Å². The van der Waals surface area contributed by atoms with E-state index in [0.717, 1.165) is 0 Å². The molecule has 0 aliphatic carbocycles. The van der Waals surface area contributed by atoms with E-state index in [-0.39, 0.29) is 36.0 Å². The van der Waals surface area contributed by atoms with Gasteiger partial charge in [-0.1, -0.05) is 12.1 Å². The van der Waals surface area contributed by atoms with E-state index in [1.807, 2.05) is 0 Å². The highest BCUT2D eigenvalue weighted by Gasteiger charge is 2.17. The van der Waals surface area contributed by atoms with Crippen LogP contribution in [0.3, 0.4) is 0 Å². The number of hydrogen-bond acceptors (Lipinski definition) is 4. The topological polar surface area (TPSA) is 48.0 Å². The molecule has 0 N–H and O–H groups in total. The van der Waals surface area contributed by atoms with Gasteiger partial charge in [0.15, 0.2) is 23.1 Å². The lowest BCUT2D eigenvalue weighted by molar-refractivity contribution is -0.0512. The van der Waals surface area contributed by atoms with Gasteiger partial charge in [0.05, 0.1) is 13.7 Å². The molecular weight excluding hydrogens is 351 g/mol. The SMILES string of the molecule is COc1ccc(C(=O)N(C)CCOc2ccccc2F)cc1OC(F)F. The average Bonchev–Trinajstić information content (AvgIpc) is 2.62. The van der Waals surface area contributed by atoms with Crippen molar-refractivity contribution in [2.24, 2.45) is 0 Å². The Morgan fingerprint density at radius 2 is 1.85 bits per heavy atom. The summed E-state index contributed by atoms with van der Waals surface area (Å²) >= 11 is 0. The molecule has 2 rings (SSSR count). The number of nitrogens with zero attached hydrogens (tertiary/aromatic N) is 1. The van der Waals surface area contributed by atoms with E-state index < -0.39 is 18.3 Å². The summed E-state index contributed by atoms with van der Waals surface area (Å²) in [5, 5.41) is 0. The molecule has 0 aliphatic rings. The first-order valence-corrected chi connectivity index (χ1v) is 7.68. The maximum Gasteiger partial charge on any atom is 0.387 e. The Labute approximate surface area is 148 Å². The van der Waals surface area contributed by atoms with Gasteiger partial charge in [-0.05, 0) is 30.3 Å². The van der Waals surface area contributed by atoms with Crippen LogP contribution in [0.1, 0.15) is 10.4 Å². The third-order valence-electron chi connectivity index (χ3n) is 3.49. The minimum absolute atomic E-state index is 0.0692. The van der Waals surface area contributed by atoms with Crippen LogP contribution >= 0.6 is 0 Å². The Balaban J connectivity index is 2.00. The van der Waals surface area contributed by atoms with E-state index in [9.17, 15) is 18.0 Å². The molecule has 0 aliphatic heterocycles. The summed E-state index contributed by atoms with van der Waals surface area (Å²) in [6.07, 6.45) is 0. The van der Waals surface area contributed by atoms with Crippen molar-refractivity contribution in [3.05, 3.63) is 53.8 Å². The zero-order valence-electron chi connectivity index (χ0n) is 14.2. The molecule has 0 fully saturated rings. The monoisotopic (exact) mass is 369 g/mol. The number of hydrogen-bond donors (Lipinski definition) is 0. The van der Waals surface area contributed by atoms with Gasteiger partial charge in [0, 0.05) is 12.6 Å². The molecule has 0 atom stereocenters. The van der Waals surface area contributed by atoms with Gasteiger partial charge in [0.2, 0.25) is 0 Å². The van der Waals surface area contributed by atoms with E-state index in [2.05, 4.69) is 4.74 Å². The van der Waals surface area contributed by atoms with Gasteiger partial charge in [0.25, 0.3) is 5.91 Å². The fourth-order valence-corrected chi connectivity index (χ4v) is 2.17. The normalized spacial score (nSPS) is 10.5. The predicted molar refractivity (Wildman–Crippen MR) is 88.5 cm³/mol. The van der Waals surface area contributed by atoms with E-state index >= 15 is 0 Å². The van der Waals surface area contributed by atoms with Gasteiger partial charge in [-0.3, -0.25) is 4.79 Å². The molecule has 0 heterocycles. The number of alkyl halides is 2. The van der Waals surface area contributed by atoms with Crippen molar-refractivity contribution in [2.45, 2.75) is 6.61 Å². The number of carbonyl (C=O) groups is 1. The highest BCUT2D eigenvalue weighted by molar-refractivity contribution is 5.94. The van der Waals surface area contributed by atoms with Crippen LogP contribution < -0.4 is 14.2 Å². The number of likely N-dealkylation sites (N-methyl/N-ethyl adjacent to an activating group) is 1. The lowest BCUT2D eigenvalue weighted by Gasteiger charge is -2.18. The van der Waals surface area contributed by atoms with Gasteiger partial charge in [-0.25, -0.2) is 4.39 Å². The second-order valence-corrected chi connectivity index (χ2v) is 5.25. The molecule has 0 aromatic heterocycles. The largest absolute Gasteiger partial charge is 0.493 e. The van der Waals surface area contributed by atoms with Crippen molar-refractivity contribution in [2.75, 3.05) is 27.3 Å². The second kappa shape index (κ2) is 8.98. The lowest BCUT2D eigenvalue weighted by Crippen LogP contribution is -2.31. The molecule has 2 aromatic rings. The van der Waals surface area contributed by atoms with Gasteiger partial charge in [0.1, 0.15) is 6.61 Å². The Bertz CT molecular complexity index is 755. The average molecular weight is 369 g/mol. The standard InChI is InChI=1S/C18H18F3NO4/c1-22(9-10-25-14-6-4-3-5-13(14)19)17(23)12-7-8-15(24-2)16(11-12)26-18(20)21/h3-8,11,18H,9-10H2,1-2H3.